The summed E-state index contributed by atoms with van der Waals surface area (Å²) in [7, 11) is 0. The van der Waals surface area contributed by atoms with Crippen molar-refractivity contribution in [3.8, 4) is 0 Å². The number of hydrogen-bond donors (Lipinski definition) is 1. The van der Waals surface area contributed by atoms with E-state index in [9.17, 15) is 5.11 Å². The van der Waals surface area contributed by atoms with Crippen LogP contribution < -0.4 is 4.90 Å². The van der Waals surface area contributed by atoms with Crippen molar-refractivity contribution in [3.63, 3.8) is 0 Å². The molecule has 94 valence electrons. The average molecular weight is 265 g/mol. The molecule has 0 radical (unpaired) electrons. The third-order valence-electron chi connectivity index (χ3n) is 4.11. The first-order chi connectivity index (χ1) is 8.78. The van der Waals surface area contributed by atoms with Crippen LogP contribution in [0.5, 0.6) is 0 Å². The fraction of sp³-hybridized carbons (Fsp3) is 0.500. The molecule has 2 aromatic rings. The van der Waals surface area contributed by atoms with Gasteiger partial charge >= 0.3 is 0 Å². The highest BCUT2D eigenvalue weighted by atomic mass is 35.5. The molecule has 0 amide bonds. The minimum atomic E-state index is 0.176. The highest BCUT2D eigenvalue weighted by Crippen LogP contribution is 2.50. The van der Waals surface area contributed by atoms with E-state index in [-0.39, 0.29) is 17.9 Å². The van der Waals surface area contributed by atoms with Crippen molar-refractivity contribution in [1.82, 2.24) is 14.6 Å². The third kappa shape index (κ3) is 1.37. The molecule has 4 rings (SSSR count). The first-order valence-corrected chi connectivity index (χ1v) is 6.54. The summed E-state index contributed by atoms with van der Waals surface area (Å²) in [4.78, 5) is 6.54. The van der Waals surface area contributed by atoms with Crippen LogP contribution in [0, 0.1) is 11.8 Å². The molecule has 0 spiro atoms. The number of anilines is 1. The van der Waals surface area contributed by atoms with Crippen LogP contribution in [0.25, 0.3) is 5.52 Å². The molecule has 0 unspecified atom stereocenters. The number of fused-ring (bicyclic) bond motifs is 2. The second-order valence-corrected chi connectivity index (χ2v) is 5.44. The monoisotopic (exact) mass is 264 g/mol. The van der Waals surface area contributed by atoms with Gasteiger partial charge in [0.05, 0.1) is 12.6 Å². The fourth-order valence-corrected chi connectivity index (χ4v) is 3.31. The molecule has 1 N–H and O–H groups in total. The minimum absolute atomic E-state index is 0.176. The molecule has 0 aromatic carbocycles. The lowest BCUT2D eigenvalue weighted by molar-refractivity contribution is 0.255. The maximum atomic E-state index is 9.56. The third-order valence-corrected chi connectivity index (χ3v) is 4.27. The molecule has 2 fully saturated rings. The Balaban J connectivity index is 1.84. The summed E-state index contributed by atoms with van der Waals surface area (Å²) in [5.74, 6) is 2.18. The van der Waals surface area contributed by atoms with Crippen molar-refractivity contribution in [2.24, 2.45) is 11.8 Å². The molecule has 1 aliphatic heterocycles. The van der Waals surface area contributed by atoms with Crippen molar-refractivity contribution in [2.75, 3.05) is 18.1 Å². The molecular weight excluding hydrogens is 252 g/mol. The van der Waals surface area contributed by atoms with E-state index in [4.69, 9.17) is 11.6 Å². The lowest BCUT2D eigenvalue weighted by Gasteiger charge is -2.27. The van der Waals surface area contributed by atoms with Gasteiger partial charge in [0.1, 0.15) is 5.52 Å². The Morgan fingerprint density at radius 3 is 3.22 bits per heavy atom. The molecule has 6 heteroatoms. The summed E-state index contributed by atoms with van der Waals surface area (Å²) >= 11 is 5.97. The summed E-state index contributed by atoms with van der Waals surface area (Å²) < 4.78 is 1.74. The van der Waals surface area contributed by atoms with Crippen LogP contribution in [0.15, 0.2) is 18.3 Å². The van der Waals surface area contributed by atoms with Gasteiger partial charge < -0.3 is 10.0 Å². The Bertz CT molecular complexity index is 613. The van der Waals surface area contributed by atoms with E-state index in [1.807, 2.05) is 18.3 Å². The van der Waals surface area contributed by atoms with Crippen molar-refractivity contribution in [1.29, 1.82) is 0 Å². The lowest BCUT2D eigenvalue weighted by atomic mass is 10.2. The molecule has 1 saturated heterocycles. The lowest BCUT2D eigenvalue weighted by Crippen LogP contribution is -2.36. The van der Waals surface area contributed by atoms with Crippen molar-refractivity contribution >= 4 is 22.9 Å². The van der Waals surface area contributed by atoms with Crippen LogP contribution >= 0.6 is 11.6 Å². The van der Waals surface area contributed by atoms with Crippen molar-refractivity contribution in [2.45, 2.75) is 12.5 Å². The molecule has 3 heterocycles. The van der Waals surface area contributed by atoms with Gasteiger partial charge in [-0.25, -0.2) is 4.52 Å². The molecule has 1 aliphatic carbocycles. The molecule has 2 aromatic heterocycles. The van der Waals surface area contributed by atoms with E-state index >= 15 is 0 Å². The van der Waals surface area contributed by atoms with E-state index in [2.05, 4.69) is 15.0 Å². The molecule has 1 saturated carbocycles. The quantitative estimate of drug-likeness (QED) is 0.886. The fourth-order valence-electron chi connectivity index (χ4n) is 3.15. The second kappa shape index (κ2) is 3.59. The van der Waals surface area contributed by atoms with E-state index in [1.54, 1.807) is 4.52 Å². The maximum Gasteiger partial charge on any atom is 0.243 e. The normalized spacial score (nSPS) is 29.9. The number of hydrogen-bond acceptors (Lipinski definition) is 4. The number of aliphatic hydroxyl groups is 1. The Morgan fingerprint density at radius 1 is 1.50 bits per heavy atom. The number of nitrogens with zero attached hydrogens (tertiary/aromatic N) is 4. The van der Waals surface area contributed by atoms with Crippen molar-refractivity contribution < 1.29 is 5.11 Å². The summed E-state index contributed by atoms with van der Waals surface area (Å²) in [6.07, 6.45) is 3.09. The zero-order valence-electron chi connectivity index (χ0n) is 9.70. The van der Waals surface area contributed by atoms with Gasteiger partial charge in [-0.15, -0.1) is 5.10 Å². The number of halogens is 1. The molecule has 3 atom stereocenters. The smallest absolute Gasteiger partial charge is 0.243 e. The van der Waals surface area contributed by atoms with Crippen LogP contribution in [0.3, 0.4) is 0 Å². The highest BCUT2D eigenvalue weighted by Gasteiger charge is 2.52. The topological polar surface area (TPSA) is 53.7 Å². The zero-order valence-corrected chi connectivity index (χ0v) is 10.5. The van der Waals surface area contributed by atoms with E-state index < -0.39 is 0 Å². The van der Waals surface area contributed by atoms with Gasteiger partial charge in [-0.1, -0.05) is 0 Å². The Kier molecular flexibility index (Phi) is 2.11. The number of piperidine rings is 1. The summed E-state index contributed by atoms with van der Waals surface area (Å²) in [5, 5.41) is 13.9. The van der Waals surface area contributed by atoms with Gasteiger partial charge in [-0.3, -0.25) is 0 Å². The summed E-state index contributed by atoms with van der Waals surface area (Å²) in [6.45, 7) is 1.14. The maximum absolute atomic E-state index is 9.56. The SMILES string of the molecule is OC[C@@H]1[C@H]2C[C@H]2CN1c1nc(Cl)nn2cccc12. The first-order valence-electron chi connectivity index (χ1n) is 6.16. The van der Waals surface area contributed by atoms with Crippen molar-refractivity contribution in [3.05, 3.63) is 23.6 Å². The standard InChI is InChI=1S/C12H13ClN4O/c13-12-14-11(9-2-1-3-17(9)15-12)16-5-7-4-8(7)10(16)6-18/h1-3,7-8,10,18H,4-6H2/t7-,8-,10+/m0/s1. The zero-order chi connectivity index (χ0) is 12.3. The minimum Gasteiger partial charge on any atom is -0.394 e. The average Bonchev–Trinajstić information content (AvgIpc) is 2.83. The van der Waals surface area contributed by atoms with E-state index in [0.29, 0.717) is 11.8 Å². The van der Waals surface area contributed by atoms with Crippen LogP contribution in [0.1, 0.15) is 6.42 Å². The van der Waals surface area contributed by atoms with E-state index in [1.165, 1.54) is 6.42 Å². The molecule has 18 heavy (non-hydrogen) atoms. The Labute approximate surface area is 109 Å². The van der Waals surface area contributed by atoms with Gasteiger partial charge in [-0.2, -0.15) is 4.98 Å². The molecule has 5 nitrogen and oxygen atoms in total. The summed E-state index contributed by atoms with van der Waals surface area (Å²) in [6, 6.07) is 4.08. The van der Waals surface area contributed by atoms with E-state index in [0.717, 1.165) is 17.9 Å². The first kappa shape index (κ1) is 10.6. The van der Waals surface area contributed by atoms with Gasteiger partial charge in [0, 0.05) is 12.7 Å². The second-order valence-electron chi connectivity index (χ2n) is 5.10. The summed E-state index contributed by atoms with van der Waals surface area (Å²) in [5.41, 5.74) is 0.944. The number of aromatic nitrogens is 3. The van der Waals surface area contributed by atoms with Gasteiger partial charge in [0.25, 0.3) is 0 Å². The van der Waals surface area contributed by atoms with Gasteiger partial charge in [-0.05, 0) is 42.0 Å². The Hall–Kier alpha value is -1.33. The number of rotatable bonds is 2. The molecule has 2 aliphatic rings. The predicted octanol–water partition coefficient (Wildman–Crippen LogP) is 1.20. The van der Waals surface area contributed by atoms with Crippen LogP contribution in [0.4, 0.5) is 5.82 Å². The molecule has 0 bridgehead atoms. The highest BCUT2D eigenvalue weighted by molar-refractivity contribution is 6.28. The van der Waals surface area contributed by atoms with Crippen LogP contribution in [-0.4, -0.2) is 38.9 Å². The predicted molar refractivity (Wildman–Crippen MR) is 67.8 cm³/mol. The van der Waals surface area contributed by atoms with Gasteiger partial charge in [0.2, 0.25) is 5.28 Å². The number of aliphatic hydroxyl groups excluding tert-OH is 1. The Morgan fingerprint density at radius 2 is 2.39 bits per heavy atom. The molecular formula is C12H13ClN4O. The van der Waals surface area contributed by atoms with Crippen LogP contribution in [-0.2, 0) is 0 Å². The van der Waals surface area contributed by atoms with Gasteiger partial charge in [0.15, 0.2) is 5.82 Å². The largest absolute Gasteiger partial charge is 0.394 e. The van der Waals surface area contributed by atoms with Crippen LogP contribution in [0.2, 0.25) is 5.28 Å².